The predicted octanol–water partition coefficient (Wildman–Crippen LogP) is 5.43. The van der Waals surface area contributed by atoms with Crippen molar-refractivity contribution in [2.24, 2.45) is 0 Å². The van der Waals surface area contributed by atoms with Crippen LogP contribution in [-0.4, -0.2) is 23.5 Å². The van der Waals surface area contributed by atoms with Crippen LogP contribution >= 0.6 is 0 Å². The standard InChI is InChI=1S/C23H17F3N2O/c24-23(25,26)16-28(15-18-8-6-17(14-27)7-9-18)22(29)21-12-10-20(11-13-21)19-4-2-1-3-5-19/h1-13H,15-16H2. The Morgan fingerprint density at radius 2 is 1.45 bits per heavy atom. The van der Waals surface area contributed by atoms with Crippen molar-refractivity contribution in [2.75, 3.05) is 6.54 Å². The summed E-state index contributed by atoms with van der Waals surface area (Å²) in [6.45, 7) is -1.56. The van der Waals surface area contributed by atoms with Gasteiger partial charge in [0.2, 0.25) is 0 Å². The zero-order valence-corrected chi connectivity index (χ0v) is 15.4. The van der Waals surface area contributed by atoms with Gasteiger partial charge in [-0.15, -0.1) is 0 Å². The first kappa shape index (κ1) is 20.2. The molecule has 3 nitrogen and oxygen atoms in total. The molecule has 0 saturated heterocycles. The monoisotopic (exact) mass is 394 g/mol. The van der Waals surface area contributed by atoms with E-state index in [1.54, 1.807) is 24.3 Å². The zero-order chi connectivity index (χ0) is 20.9. The number of halogens is 3. The molecule has 3 aromatic rings. The lowest BCUT2D eigenvalue weighted by Crippen LogP contribution is -2.38. The molecule has 0 heterocycles. The van der Waals surface area contributed by atoms with Gasteiger partial charge < -0.3 is 4.90 Å². The Bertz CT molecular complexity index is 1010. The molecule has 1 amide bonds. The Kier molecular flexibility index (Phi) is 5.99. The van der Waals surface area contributed by atoms with Crippen molar-refractivity contribution in [2.45, 2.75) is 12.7 Å². The van der Waals surface area contributed by atoms with E-state index < -0.39 is 18.6 Å². The van der Waals surface area contributed by atoms with E-state index >= 15 is 0 Å². The maximum absolute atomic E-state index is 13.1. The number of carbonyl (C=O) groups excluding carboxylic acids is 1. The van der Waals surface area contributed by atoms with Gasteiger partial charge in [-0.05, 0) is 41.0 Å². The first-order valence-corrected chi connectivity index (χ1v) is 8.86. The van der Waals surface area contributed by atoms with E-state index in [-0.39, 0.29) is 12.1 Å². The number of alkyl halides is 3. The van der Waals surface area contributed by atoms with Gasteiger partial charge in [-0.1, -0.05) is 54.6 Å². The Morgan fingerprint density at radius 1 is 0.862 bits per heavy atom. The van der Waals surface area contributed by atoms with Crippen LogP contribution in [0, 0.1) is 11.3 Å². The molecule has 0 aliphatic rings. The second-order valence-corrected chi connectivity index (χ2v) is 6.53. The topological polar surface area (TPSA) is 44.1 Å². The number of rotatable bonds is 5. The van der Waals surface area contributed by atoms with Crippen molar-refractivity contribution in [3.05, 3.63) is 95.6 Å². The molecule has 0 aliphatic carbocycles. The Hall–Kier alpha value is -3.59. The van der Waals surface area contributed by atoms with E-state index in [0.717, 1.165) is 16.0 Å². The predicted molar refractivity (Wildman–Crippen MR) is 104 cm³/mol. The van der Waals surface area contributed by atoms with Crippen molar-refractivity contribution in [1.82, 2.24) is 4.90 Å². The number of carbonyl (C=O) groups is 1. The highest BCUT2D eigenvalue weighted by Crippen LogP contribution is 2.23. The summed E-state index contributed by atoms with van der Waals surface area (Å²) in [6, 6.07) is 24.1. The fraction of sp³-hybridized carbons (Fsp3) is 0.130. The highest BCUT2D eigenvalue weighted by Gasteiger charge is 2.33. The van der Waals surface area contributed by atoms with Crippen LogP contribution in [0.5, 0.6) is 0 Å². The minimum atomic E-state index is -4.52. The van der Waals surface area contributed by atoms with Crippen molar-refractivity contribution in [1.29, 1.82) is 5.26 Å². The third-order valence-electron chi connectivity index (χ3n) is 4.35. The van der Waals surface area contributed by atoms with Crippen LogP contribution in [0.4, 0.5) is 13.2 Å². The second kappa shape index (κ2) is 8.61. The van der Waals surface area contributed by atoms with Gasteiger partial charge in [-0.25, -0.2) is 0 Å². The molecule has 0 fully saturated rings. The largest absolute Gasteiger partial charge is 0.406 e. The average Bonchev–Trinajstić information content (AvgIpc) is 2.73. The molecule has 0 aromatic heterocycles. The highest BCUT2D eigenvalue weighted by atomic mass is 19.4. The minimum Gasteiger partial charge on any atom is -0.325 e. The minimum absolute atomic E-state index is 0.183. The third-order valence-corrected chi connectivity index (χ3v) is 4.35. The molecule has 3 rings (SSSR count). The van der Waals surface area contributed by atoms with Gasteiger partial charge in [0, 0.05) is 12.1 Å². The summed E-state index contributed by atoms with van der Waals surface area (Å²) < 4.78 is 39.2. The first-order chi connectivity index (χ1) is 13.9. The van der Waals surface area contributed by atoms with E-state index in [1.165, 1.54) is 24.3 Å². The van der Waals surface area contributed by atoms with Crippen LogP contribution in [0.15, 0.2) is 78.9 Å². The van der Waals surface area contributed by atoms with Crippen molar-refractivity contribution in [3.63, 3.8) is 0 Å². The summed E-state index contributed by atoms with van der Waals surface area (Å²) in [7, 11) is 0. The summed E-state index contributed by atoms with van der Waals surface area (Å²) in [4.78, 5) is 13.5. The van der Waals surface area contributed by atoms with Crippen molar-refractivity contribution in [3.8, 4) is 17.2 Å². The maximum atomic E-state index is 13.1. The fourth-order valence-corrected chi connectivity index (χ4v) is 2.94. The van der Waals surface area contributed by atoms with E-state index in [1.807, 2.05) is 36.4 Å². The fourth-order valence-electron chi connectivity index (χ4n) is 2.94. The lowest BCUT2D eigenvalue weighted by atomic mass is 10.0. The molecule has 146 valence electrons. The summed E-state index contributed by atoms with van der Waals surface area (Å²) in [5, 5.41) is 8.84. The van der Waals surface area contributed by atoms with E-state index in [9.17, 15) is 18.0 Å². The molecule has 0 aliphatic heterocycles. The van der Waals surface area contributed by atoms with Gasteiger partial charge in [0.25, 0.3) is 5.91 Å². The van der Waals surface area contributed by atoms with Gasteiger partial charge in [-0.3, -0.25) is 4.79 Å². The quantitative estimate of drug-likeness (QED) is 0.579. The van der Waals surface area contributed by atoms with Crippen LogP contribution in [0.3, 0.4) is 0 Å². The lowest BCUT2D eigenvalue weighted by molar-refractivity contribution is -0.141. The zero-order valence-electron chi connectivity index (χ0n) is 15.4. The van der Waals surface area contributed by atoms with Crippen molar-refractivity contribution >= 4 is 5.91 Å². The number of nitriles is 1. The van der Waals surface area contributed by atoms with Gasteiger partial charge >= 0.3 is 6.18 Å². The number of benzene rings is 3. The van der Waals surface area contributed by atoms with Gasteiger partial charge in [-0.2, -0.15) is 18.4 Å². The molecule has 29 heavy (non-hydrogen) atoms. The lowest BCUT2D eigenvalue weighted by Gasteiger charge is -2.24. The van der Waals surface area contributed by atoms with Crippen LogP contribution in [0.1, 0.15) is 21.5 Å². The van der Waals surface area contributed by atoms with Gasteiger partial charge in [0.15, 0.2) is 0 Å². The summed E-state index contributed by atoms with van der Waals surface area (Å²) in [5.41, 5.74) is 2.93. The molecule has 3 aromatic carbocycles. The molecule has 0 atom stereocenters. The SMILES string of the molecule is N#Cc1ccc(CN(CC(F)(F)F)C(=O)c2ccc(-c3ccccc3)cc2)cc1. The van der Waals surface area contributed by atoms with Crippen LogP contribution in [0.2, 0.25) is 0 Å². The number of nitrogens with zero attached hydrogens (tertiary/aromatic N) is 2. The molecule has 0 N–H and O–H groups in total. The smallest absolute Gasteiger partial charge is 0.325 e. The average molecular weight is 394 g/mol. The molecule has 0 bridgehead atoms. The van der Waals surface area contributed by atoms with Gasteiger partial charge in [0.05, 0.1) is 11.6 Å². The molecular weight excluding hydrogens is 377 g/mol. The normalized spacial score (nSPS) is 11.0. The Balaban J connectivity index is 1.82. The van der Waals surface area contributed by atoms with E-state index in [0.29, 0.717) is 11.1 Å². The molecule has 0 radical (unpaired) electrons. The molecule has 6 heteroatoms. The number of amides is 1. The molecular formula is C23H17F3N2O. The summed E-state index contributed by atoms with van der Waals surface area (Å²) >= 11 is 0. The van der Waals surface area contributed by atoms with E-state index in [4.69, 9.17) is 5.26 Å². The molecule has 0 unspecified atom stereocenters. The maximum Gasteiger partial charge on any atom is 0.406 e. The van der Waals surface area contributed by atoms with Crippen LogP contribution in [-0.2, 0) is 6.54 Å². The third kappa shape index (κ3) is 5.45. The van der Waals surface area contributed by atoms with Crippen molar-refractivity contribution < 1.29 is 18.0 Å². The van der Waals surface area contributed by atoms with Crippen LogP contribution in [0.25, 0.3) is 11.1 Å². The summed E-state index contributed by atoms with van der Waals surface area (Å²) in [6.07, 6.45) is -4.52. The second-order valence-electron chi connectivity index (χ2n) is 6.53. The number of hydrogen-bond donors (Lipinski definition) is 0. The molecule has 0 saturated carbocycles. The Labute approximate surface area is 166 Å². The van der Waals surface area contributed by atoms with E-state index in [2.05, 4.69) is 0 Å². The van der Waals surface area contributed by atoms with Crippen LogP contribution < -0.4 is 0 Å². The summed E-state index contributed by atoms with van der Waals surface area (Å²) in [5.74, 6) is -0.703. The Morgan fingerprint density at radius 3 is 2.00 bits per heavy atom. The van der Waals surface area contributed by atoms with Gasteiger partial charge in [0.1, 0.15) is 6.54 Å². The first-order valence-electron chi connectivity index (χ1n) is 8.86. The number of hydrogen-bond acceptors (Lipinski definition) is 2. The highest BCUT2D eigenvalue weighted by molar-refractivity contribution is 5.94. The molecule has 0 spiro atoms.